The van der Waals surface area contributed by atoms with Gasteiger partial charge in [0.15, 0.2) is 0 Å². The number of hydrogen-bond donors (Lipinski definition) is 3. The summed E-state index contributed by atoms with van der Waals surface area (Å²) in [4.78, 5) is 12.6. The molecule has 7 nitrogen and oxygen atoms in total. The van der Waals surface area contributed by atoms with Gasteiger partial charge in [0.25, 0.3) is 15.9 Å². The van der Waals surface area contributed by atoms with Crippen molar-refractivity contribution in [2.75, 3.05) is 10.0 Å². The van der Waals surface area contributed by atoms with Crippen molar-refractivity contribution in [2.45, 2.75) is 4.90 Å². The van der Waals surface area contributed by atoms with Gasteiger partial charge in [-0.15, -0.1) is 0 Å². The molecule has 152 valence electrons. The molecule has 0 fully saturated rings. The van der Waals surface area contributed by atoms with E-state index < -0.39 is 10.0 Å². The molecular weight excluding hydrogens is 447 g/mol. The Balaban J connectivity index is 1.54. The number of sulfonamides is 1. The van der Waals surface area contributed by atoms with Gasteiger partial charge in [-0.1, -0.05) is 29.3 Å². The third-order valence-electron chi connectivity index (χ3n) is 4.28. The molecule has 0 saturated carbocycles. The van der Waals surface area contributed by atoms with E-state index in [4.69, 9.17) is 23.2 Å². The average molecular weight is 461 g/mol. The Morgan fingerprint density at radius 3 is 2.57 bits per heavy atom. The van der Waals surface area contributed by atoms with Gasteiger partial charge in [0, 0.05) is 22.3 Å². The summed E-state index contributed by atoms with van der Waals surface area (Å²) < 4.78 is 27.7. The second-order valence-electron chi connectivity index (χ2n) is 6.39. The van der Waals surface area contributed by atoms with E-state index in [1.165, 1.54) is 24.3 Å². The number of nitrogens with one attached hydrogen (secondary N) is 3. The van der Waals surface area contributed by atoms with Crippen molar-refractivity contribution in [2.24, 2.45) is 0 Å². The quantitative estimate of drug-likeness (QED) is 0.392. The number of H-pyrrole nitrogens is 1. The smallest absolute Gasteiger partial charge is 0.261 e. The first-order chi connectivity index (χ1) is 14.3. The van der Waals surface area contributed by atoms with Crippen LogP contribution in [0.2, 0.25) is 10.0 Å². The third-order valence-corrected chi connectivity index (χ3v) is 6.39. The molecule has 4 rings (SSSR count). The second-order valence-corrected chi connectivity index (χ2v) is 8.89. The Morgan fingerprint density at radius 1 is 0.933 bits per heavy atom. The van der Waals surface area contributed by atoms with E-state index in [-0.39, 0.29) is 32.1 Å². The Morgan fingerprint density at radius 2 is 1.77 bits per heavy atom. The monoisotopic (exact) mass is 460 g/mol. The lowest BCUT2D eigenvalue weighted by Gasteiger charge is -2.11. The number of halogens is 2. The van der Waals surface area contributed by atoms with Crippen LogP contribution in [-0.2, 0) is 10.0 Å². The molecule has 1 amide bonds. The fourth-order valence-electron chi connectivity index (χ4n) is 2.81. The van der Waals surface area contributed by atoms with Crippen LogP contribution in [0.25, 0.3) is 10.9 Å². The van der Waals surface area contributed by atoms with E-state index in [2.05, 4.69) is 20.2 Å². The largest absolute Gasteiger partial charge is 0.322 e. The molecule has 3 aromatic carbocycles. The lowest BCUT2D eigenvalue weighted by molar-refractivity contribution is 0.102. The summed E-state index contributed by atoms with van der Waals surface area (Å²) >= 11 is 11.8. The van der Waals surface area contributed by atoms with Gasteiger partial charge in [0.2, 0.25) is 0 Å². The maximum absolute atomic E-state index is 12.6. The van der Waals surface area contributed by atoms with E-state index in [0.29, 0.717) is 5.69 Å². The van der Waals surface area contributed by atoms with Crippen molar-refractivity contribution in [3.05, 3.63) is 82.5 Å². The molecule has 0 aliphatic heterocycles. The molecule has 0 saturated heterocycles. The summed E-state index contributed by atoms with van der Waals surface area (Å²) in [6.07, 6.45) is 1.66. The highest BCUT2D eigenvalue weighted by Gasteiger charge is 2.17. The van der Waals surface area contributed by atoms with Gasteiger partial charge in [-0.05, 0) is 54.6 Å². The molecule has 0 bridgehead atoms. The predicted molar refractivity (Wildman–Crippen MR) is 118 cm³/mol. The minimum atomic E-state index is -3.91. The lowest BCUT2D eigenvalue weighted by Crippen LogP contribution is -2.15. The summed E-state index contributed by atoms with van der Waals surface area (Å²) in [7, 11) is -3.91. The highest BCUT2D eigenvalue weighted by molar-refractivity contribution is 7.92. The molecule has 0 radical (unpaired) electrons. The minimum Gasteiger partial charge on any atom is -0.322 e. The van der Waals surface area contributed by atoms with Crippen molar-refractivity contribution in [1.29, 1.82) is 0 Å². The molecule has 0 unspecified atom stereocenters. The normalized spacial score (nSPS) is 11.4. The van der Waals surface area contributed by atoms with E-state index in [1.807, 2.05) is 0 Å². The molecule has 0 aliphatic rings. The number of amides is 1. The van der Waals surface area contributed by atoms with Crippen LogP contribution in [0, 0.1) is 0 Å². The van der Waals surface area contributed by atoms with Crippen LogP contribution >= 0.6 is 23.2 Å². The highest BCUT2D eigenvalue weighted by Crippen LogP contribution is 2.26. The number of benzene rings is 3. The number of anilines is 2. The number of carbonyl (C=O) groups excluding carboxylic acids is 1. The predicted octanol–water partition coefficient (Wildman–Crippen LogP) is 4.92. The molecule has 0 aliphatic carbocycles. The van der Waals surface area contributed by atoms with Gasteiger partial charge in [-0.2, -0.15) is 5.10 Å². The fourth-order valence-corrected chi connectivity index (χ4v) is 4.24. The zero-order valence-electron chi connectivity index (χ0n) is 15.2. The molecule has 3 N–H and O–H groups in total. The van der Waals surface area contributed by atoms with Gasteiger partial charge in [0.05, 0.1) is 26.7 Å². The van der Waals surface area contributed by atoms with Crippen LogP contribution in [0.4, 0.5) is 11.4 Å². The molecule has 30 heavy (non-hydrogen) atoms. The van der Waals surface area contributed by atoms with Crippen molar-refractivity contribution in [1.82, 2.24) is 10.2 Å². The van der Waals surface area contributed by atoms with E-state index >= 15 is 0 Å². The lowest BCUT2D eigenvalue weighted by atomic mass is 10.2. The van der Waals surface area contributed by atoms with Crippen LogP contribution in [0.5, 0.6) is 0 Å². The number of nitrogens with zero attached hydrogens (tertiary/aromatic N) is 1. The summed E-state index contributed by atoms with van der Waals surface area (Å²) in [6, 6.07) is 15.5. The molecular formula is C20H14Cl2N4O3S. The van der Waals surface area contributed by atoms with Crippen molar-refractivity contribution in [3.8, 4) is 0 Å². The Hall–Kier alpha value is -3.07. The van der Waals surface area contributed by atoms with Crippen LogP contribution in [-0.4, -0.2) is 24.5 Å². The summed E-state index contributed by atoms with van der Waals surface area (Å²) in [6.45, 7) is 0. The highest BCUT2D eigenvalue weighted by atomic mass is 35.5. The topological polar surface area (TPSA) is 104 Å². The van der Waals surface area contributed by atoms with Crippen molar-refractivity contribution < 1.29 is 13.2 Å². The maximum Gasteiger partial charge on any atom is 0.261 e. The van der Waals surface area contributed by atoms with Gasteiger partial charge in [-0.25, -0.2) is 8.42 Å². The van der Waals surface area contributed by atoms with Gasteiger partial charge in [-0.3, -0.25) is 14.6 Å². The average Bonchev–Trinajstić information content (AvgIpc) is 3.17. The van der Waals surface area contributed by atoms with Gasteiger partial charge < -0.3 is 5.32 Å². The SMILES string of the molecule is O=C(Nc1ccc2[nH]ncc2c1)c1cccc(NS(=O)(=O)c2ccc(Cl)c(Cl)c2)c1. The van der Waals surface area contributed by atoms with Crippen molar-refractivity contribution in [3.63, 3.8) is 0 Å². The number of hydrogen-bond acceptors (Lipinski definition) is 4. The Kier molecular flexibility index (Phi) is 5.38. The standard InChI is InChI=1S/C20H14Cl2N4O3S/c21-17-6-5-16(10-18(17)22)30(28,29)26-15-3-1-2-12(8-15)20(27)24-14-4-7-19-13(9-14)11-23-25-19/h1-11,26H,(H,23,25)(H,24,27). The van der Waals surface area contributed by atoms with E-state index in [0.717, 1.165) is 10.9 Å². The first-order valence-electron chi connectivity index (χ1n) is 8.64. The zero-order valence-corrected chi connectivity index (χ0v) is 17.5. The Labute approximate surface area is 182 Å². The van der Waals surface area contributed by atoms with E-state index in [1.54, 1.807) is 42.6 Å². The number of rotatable bonds is 5. The maximum atomic E-state index is 12.6. The second kappa shape index (κ2) is 7.98. The summed E-state index contributed by atoms with van der Waals surface area (Å²) in [5, 5.41) is 10.8. The zero-order chi connectivity index (χ0) is 21.3. The molecule has 4 aromatic rings. The number of carbonyl (C=O) groups is 1. The first kappa shape index (κ1) is 20.2. The van der Waals surface area contributed by atoms with Gasteiger partial charge >= 0.3 is 0 Å². The molecule has 0 spiro atoms. The van der Waals surface area contributed by atoms with Crippen LogP contribution in [0.1, 0.15) is 10.4 Å². The molecule has 10 heteroatoms. The van der Waals surface area contributed by atoms with Crippen LogP contribution in [0.3, 0.4) is 0 Å². The van der Waals surface area contributed by atoms with Crippen molar-refractivity contribution >= 4 is 61.4 Å². The fraction of sp³-hybridized carbons (Fsp3) is 0. The van der Waals surface area contributed by atoms with Crippen LogP contribution < -0.4 is 10.0 Å². The summed E-state index contributed by atoms with van der Waals surface area (Å²) in [5.74, 6) is -0.381. The molecule has 0 atom stereocenters. The number of aromatic nitrogens is 2. The van der Waals surface area contributed by atoms with Gasteiger partial charge in [0.1, 0.15) is 0 Å². The Bertz CT molecular complexity index is 1370. The number of aromatic amines is 1. The first-order valence-corrected chi connectivity index (χ1v) is 10.9. The van der Waals surface area contributed by atoms with E-state index in [9.17, 15) is 13.2 Å². The summed E-state index contributed by atoms with van der Waals surface area (Å²) in [5.41, 5.74) is 1.97. The minimum absolute atomic E-state index is 0.0415. The number of fused-ring (bicyclic) bond motifs is 1. The third kappa shape index (κ3) is 4.25. The molecule has 1 heterocycles. The van der Waals surface area contributed by atoms with Crippen LogP contribution in [0.15, 0.2) is 71.8 Å². The molecule has 1 aromatic heterocycles.